The standard InChI is InChI=1S/C10H13FO/c1-8-3-5-9(6-4-8)10(2,11)7-12/h3-6,12H,7H2,1-2H3/t10-/m0/s1. The van der Waals surface area contributed by atoms with Gasteiger partial charge in [0.15, 0.2) is 5.67 Å². The highest BCUT2D eigenvalue weighted by atomic mass is 19.1. The van der Waals surface area contributed by atoms with Crippen LogP contribution in [0.2, 0.25) is 0 Å². The topological polar surface area (TPSA) is 20.2 Å². The Morgan fingerprint density at radius 2 is 1.83 bits per heavy atom. The molecule has 0 saturated carbocycles. The van der Waals surface area contributed by atoms with Gasteiger partial charge in [0.05, 0.1) is 6.61 Å². The third-order valence-corrected chi connectivity index (χ3v) is 1.95. The summed E-state index contributed by atoms with van der Waals surface area (Å²) in [5, 5.41) is 8.74. The third kappa shape index (κ3) is 1.83. The molecule has 0 fully saturated rings. The molecule has 0 radical (unpaired) electrons. The SMILES string of the molecule is Cc1ccc([C@@](C)(F)CO)cc1. The van der Waals surface area contributed by atoms with Crippen LogP contribution in [0.5, 0.6) is 0 Å². The van der Waals surface area contributed by atoms with Crippen LogP contribution in [0.15, 0.2) is 24.3 Å². The monoisotopic (exact) mass is 168 g/mol. The second-order valence-corrected chi connectivity index (χ2v) is 3.22. The zero-order valence-corrected chi connectivity index (χ0v) is 7.34. The Bertz CT molecular complexity index is 251. The minimum absolute atomic E-state index is 0.476. The molecule has 12 heavy (non-hydrogen) atoms. The van der Waals surface area contributed by atoms with Gasteiger partial charge in [-0.2, -0.15) is 0 Å². The van der Waals surface area contributed by atoms with Gasteiger partial charge < -0.3 is 5.11 Å². The number of aryl methyl sites for hydroxylation is 1. The molecular weight excluding hydrogens is 155 g/mol. The van der Waals surface area contributed by atoms with E-state index in [1.165, 1.54) is 6.92 Å². The molecule has 0 aliphatic carbocycles. The molecule has 0 heterocycles. The van der Waals surface area contributed by atoms with Crippen molar-refractivity contribution in [1.29, 1.82) is 0 Å². The van der Waals surface area contributed by atoms with E-state index in [-0.39, 0.29) is 0 Å². The summed E-state index contributed by atoms with van der Waals surface area (Å²) >= 11 is 0. The second kappa shape index (κ2) is 3.23. The molecule has 1 rings (SSSR count). The third-order valence-electron chi connectivity index (χ3n) is 1.95. The number of rotatable bonds is 2. The Labute approximate surface area is 71.9 Å². The maximum Gasteiger partial charge on any atom is 0.156 e. The lowest BCUT2D eigenvalue weighted by atomic mass is 9.98. The number of aliphatic hydroxyl groups excluding tert-OH is 1. The first-order valence-corrected chi connectivity index (χ1v) is 3.93. The van der Waals surface area contributed by atoms with Crippen molar-refractivity contribution in [2.24, 2.45) is 0 Å². The van der Waals surface area contributed by atoms with Crippen LogP contribution in [0, 0.1) is 6.92 Å². The normalized spacial score (nSPS) is 15.7. The summed E-state index contributed by atoms with van der Waals surface area (Å²) in [5.41, 5.74) is -0.00339. The zero-order valence-electron chi connectivity index (χ0n) is 7.34. The zero-order chi connectivity index (χ0) is 9.19. The molecule has 0 amide bonds. The molecule has 1 aromatic rings. The fourth-order valence-electron chi connectivity index (χ4n) is 0.992. The summed E-state index contributed by atoms with van der Waals surface area (Å²) in [7, 11) is 0. The highest BCUT2D eigenvalue weighted by Crippen LogP contribution is 2.24. The molecule has 0 spiro atoms. The lowest BCUT2D eigenvalue weighted by Crippen LogP contribution is -2.19. The summed E-state index contributed by atoms with van der Waals surface area (Å²) in [5.74, 6) is 0. The average molecular weight is 168 g/mol. The van der Waals surface area contributed by atoms with Gasteiger partial charge in [0, 0.05) is 0 Å². The van der Waals surface area contributed by atoms with E-state index in [2.05, 4.69) is 0 Å². The highest BCUT2D eigenvalue weighted by molar-refractivity contribution is 5.25. The Kier molecular flexibility index (Phi) is 2.48. The summed E-state index contributed by atoms with van der Waals surface area (Å²) in [6.45, 7) is 2.84. The summed E-state index contributed by atoms with van der Waals surface area (Å²) in [4.78, 5) is 0. The summed E-state index contributed by atoms with van der Waals surface area (Å²) in [6, 6.07) is 7.07. The maximum absolute atomic E-state index is 13.4. The smallest absolute Gasteiger partial charge is 0.156 e. The number of halogens is 1. The molecule has 0 aromatic heterocycles. The Morgan fingerprint density at radius 1 is 1.33 bits per heavy atom. The first-order valence-electron chi connectivity index (χ1n) is 3.93. The fraction of sp³-hybridized carbons (Fsp3) is 0.400. The van der Waals surface area contributed by atoms with E-state index in [1.54, 1.807) is 12.1 Å². The van der Waals surface area contributed by atoms with Crippen molar-refractivity contribution in [2.75, 3.05) is 6.61 Å². The molecule has 0 unspecified atom stereocenters. The molecule has 0 aliphatic heterocycles. The minimum Gasteiger partial charge on any atom is -0.393 e. The minimum atomic E-state index is -1.62. The van der Waals surface area contributed by atoms with Crippen molar-refractivity contribution in [3.63, 3.8) is 0 Å². The Balaban J connectivity index is 2.96. The molecule has 1 atom stereocenters. The van der Waals surface area contributed by atoms with Gasteiger partial charge in [-0.15, -0.1) is 0 Å². The molecule has 0 bridgehead atoms. The Hall–Kier alpha value is -0.890. The molecule has 1 N–H and O–H groups in total. The van der Waals surface area contributed by atoms with Gasteiger partial charge in [-0.1, -0.05) is 29.8 Å². The largest absolute Gasteiger partial charge is 0.393 e. The van der Waals surface area contributed by atoms with Crippen LogP contribution < -0.4 is 0 Å². The summed E-state index contributed by atoms with van der Waals surface area (Å²) in [6.07, 6.45) is 0. The maximum atomic E-state index is 13.4. The first-order chi connectivity index (χ1) is 5.56. The number of hydrogen-bond donors (Lipinski definition) is 1. The predicted molar refractivity (Wildman–Crippen MR) is 46.7 cm³/mol. The van der Waals surface area contributed by atoms with E-state index in [1.807, 2.05) is 19.1 Å². The van der Waals surface area contributed by atoms with Crippen molar-refractivity contribution in [3.05, 3.63) is 35.4 Å². The highest BCUT2D eigenvalue weighted by Gasteiger charge is 2.23. The van der Waals surface area contributed by atoms with Crippen LogP contribution in [-0.4, -0.2) is 11.7 Å². The molecule has 1 aromatic carbocycles. The van der Waals surface area contributed by atoms with Crippen molar-refractivity contribution >= 4 is 0 Å². The first kappa shape index (κ1) is 9.20. The van der Waals surface area contributed by atoms with Crippen molar-refractivity contribution < 1.29 is 9.50 Å². The van der Waals surface area contributed by atoms with Crippen LogP contribution in [0.25, 0.3) is 0 Å². The van der Waals surface area contributed by atoms with Crippen LogP contribution in [0.4, 0.5) is 4.39 Å². The van der Waals surface area contributed by atoms with Crippen molar-refractivity contribution in [2.45, 2.75) is 19.5 Å². The van der Waals surface area contributed by atoms with Gasteiger partial charge in [-0.3, -0.25) is 0 Å². The van der Waals surface area contributed by atoms with Gasteiger partial charge in [-0.25, -0.2) is 4.39 Å². The summed E-state index contributed by atoms with van der Waals surface area (Å²) < 4.78 is 13.4. The van der Waals surface area contributed by atoms with E-state index in [9.17, 15) is 4.39 Å². The van der Waals surface area contributed by atoms with Gasteiger partial charge >= 0.3 is 0 Å². The van der Waals surface area contributed by atoms with E-state index >= 15 is 0 Å². The second-order valence-electron chi connectivity index (χ2n) is 3.22. The molecule has 0 aliphatic rings. The number of hydrogen-bond acceptors (Lipinski definition) is 1. The van der Waals surface area contributed by atoms with E-state index in [4.69, 9.17) is 5.11 Å². The van der Waals surface area contributed by atoms with E-state index in [0.29, 0.717) is 5.56 Å². The van der Waals surface area contributed by atoms with Crippen LogP contribution in [0.1, 0.15) is 18.1 Å². The molecule has 0 saturated heterocycles. The van der Waals surface area contributed by atoms with Gasteiger partial charge in [0.2, 0.25) is 0 Å². The number of benzene rings is 1. The van der Waals surface area contributed by atoms with Crippen LogP contribution in [-0.2, 0) is 5.67 Å². The molecule has 1 nitrogen and oxygen atoms in total. The number of alkyl halides is 1. The van der Waals surface area contributed by atoms with Crippen molar-refractivity contribution in [3.8, 4) is 0 Å². The lowest BCUT2D eigenvalue weighted by molar-refractivity contribution is 0.0868. The lowest BCUT2D eigenvalue weighted by Gasteiger charge is -2.17. The molecule has 66 valence electrons. The van der Waals surface area contributed by atoms with Gasteiger partial charge in [-0.05, 0) is 19.4 Å². The molecule has 2 heteroatoms. The molecular formula is C10H13FO. The average Bonchev–Trinajstić information content (AvgIpc) is 2.05. The Morgan fingerprint density at radius 3 is 2.25 bits per heavy atom. The van der Waals surface area contributed by atoms with Gasteiger partial charge in [0.25, 0.3) is 0 Å². The quantitative estimate of drug-likeness (QED) is 0.717. The van der Waals surface area contributed by atoms with Gasteiger partial charge in [0.1, 0.15) is 0 Å². The fourth-order valence-corrected chi connectivity index (χ4v) is 0.992. The van der Waals surface area contributed by atoms with Crippen LogP contribution >= 0.6 is 0 Å². The number of aliphatic hydroxyl groups is 1. The predicted octanol–water partition coefficient (Wildman–Crippen LogP) is 2.17. The van der Waals surface area contributed by atoms with Crippen molar-refractivity contribution in [1.82, 2.24) is 0 Å². The van der Waals surface area contributed by atoms with Crippen LogP contribution in [0.3, 0.4) is 0 Å². The van der Waals surface area contributed by atoms with E-state index < -0.39 is 12.3 Å². The van der Waals surface area contributed by atoms with E-state index in [0.717, 1.165) is 5.56 Å².